The second-order valence-corrected chi connectivity index (χ2v) is 13.4. The average molecular weight is 485 g/mol. The maximum Gasteiger partial charge on any atom is 0.330 e. The van der Waals surface area contributed by atoms with Crippen molar-refractivity contribution in [3.63, 3.8) is 0 Å². The van der Waals surface area contributed by atoms with Crippen LogP contribution < -0.4 is 0 Å². The van der Waals surface area contributed by atoms with Gasteiger partial charge in [-0.15, -0.1) is 0 Å². The number of Topliss-reactive ketones (excluding diaryl/α,β-unsaturated/α-hetero) is 2. The lowest BCUT2D eigenvalue weighted by molar-refractivity contribution is -0.137. The molecular formula is C30H44O5. The van der Waals surface area contributed by atoms with Gasteiger partial charge in [0.15, 0.2) is 5.78 Å². The maximum atomic E-state index is 14.0. The van der Waals surface area contributed by atoms with Gasteiger partial charge in [-0.2, -0.15) is 0 Å². The first-order valence-electron chi connectivity index (χ1n) is 13.5. The second kappa shape index (κ2) is 8.39. The third-order valence-electron chi connectivity index (χ3n) is 11.4. The first-order valence-corrected chi connectivity index (χ1v) is 13.5. The number of ketones is 2. The predicted octanol–water partition coefficient (Wildman–Crippen LogP) is 5.90. The molecule has 4 aliphatic rings. The van der Waals surface area contributed by atoms with Crippen molar-refractivity contribution in [1.82, 2.24) is 0 Å². The summed E-state index contributed by atoms with van der Waals surface area (Å²) in [7, 11) is 0. The van der Waals surface area contributed by atoms with Gasteiger partial charge in [-0.05, 0) is 91.9 Å². The number of aliphatic carboxylic acids is 1. The molecule has 2 N–H and O–H groups in total. The zero-order chi connectivity index (χ0) is 26.1. The lowest BCUT2D eigenvalue weighted by atomic mass is 9.43. The number of aliphatic hydroxyl groups is 1. The molecule has 0 heterocycles. The van der Waals surface area contributed by atoms with Gasteiger partial charge in [0.25, 0.3) is 0 Å². The van der Waals surface area contributed by atoms with Crippen LogP contribution in [0.15, 0.2) is 22.8 Å². The minimum absolute atomic E-state index is 0.103. The number of carbonyl (C=O) groups is 3. The molecule has 2 saturated carbocycles. The molecule has 35 heavy (non-hydrogen) atoms. The van der Waals surface area contributed by atoms with Crippen molar-refractivity contribution < 1.29 is 24.6 Å². The number of carbonyl (C=O) groups excluding carboxylic acids is 2. The van der Waals surface area contributed by atoms with Crippen LogP contribution in [0.3, 0.4) is 0 Å². The fourth-order valence-electron chi connectivity index (χ4n) is 9.01. The number of allylic oxidation sites excluding steroid dienone is 3. The van der Waals surface area contributed by atoms with E-state index in [2.05, 4.69) is 41.5 Å². The monoisotopic (exact) mass is 484 g/mol. The molecule has 7 atom stereocenters. The van der Waals surface area contributed by atoms with E-state index in [9.17, 15) is 19.5 Å². The Bertz CT molecular complexity index is 1020. The summed E-state index contributed by atoms with van der Waals surface area (Å²) in [6.07, 6.45) is 6.92. The summed E-state index contributed by atoms with van der Waals surface area (Å²) in [6, 6.07) is 0. The standard InChI is InChI=1S/C30H44O5/c1-17(9-8-10-18(2)26(34)35)20-15-24(33)30(7)19-11-12-22-27(3,4)23(32)13-14-28(22,5)25(19)21(31)16-29(20,30)6/h10,17,20,22-23,32H,8-9,11-16H2,1-7H3,(H,34,35)/t17-,20-,22+,23+,28+,29-,30-/m1/s1. The summed E-state index contributed by atoms with van der Waals surface area (Å²) >= 11 is 0. The molecule has 0 aliphatic heterocycles. The Balaban J connectivity index is 1.71. The van der Waals surface area contributed by atoms with Crippen LogP contribution in [-0.4, -0.2) is 33.9 Å². The molecule has 5 nitrogen and oxygen atoms in total. The van der Waals surface area contributed by atoms with Gasteiger partial charge < -0.3 is 10.2 Å². The zero-order valence-corrected chi connectivity index (χ0v) is 22.7. The van der Waals surface area contributed by atoms with Crippen LogP contribution in [-0.2, 0) is 14.4 Å². The molecule has 4 aliphatic carbocycles. The Morgan fingerprint density at radius 3 is 2.43 bits per heavy atom. The van der Waals surface area contributed by atoms with E-state index in [1.165, 1.54) is 0 Å². The summed E-state index contributed by atoms with van der Waals surface area (Å²) in [5, 5.41) is 19.9. The molecule has 0 spiro atoms. The predicted molar refractivity (Wildman–Crippen MR) is 136 cm³/mol. The number of fused-ring (bicyclic) bond motifs is 4. The zero-order valence-electron chi connectivity index (χ0n) is 22.7. The van der Waals surface area contributed by atoms with Gasteiger partial charge in [-0.3, -0.25) is 9.59 Å². The van der Waals surface area contributed by atoms with Crippen molar-refractivity contribution in [1.29, 1.82) is 0 Å². The van der Waals surface area contributed by atoms with E-state index in [-0.39, 0.29) is 46.3 Å². The van der Waals surface area contributed by atoms with Crippen molar-refractivity contribution in [2.75, 3.05) is 0 Å². The number of carboxylic acid groups (broad SMARTS) is 1. The lowest BCUT2D eigenvalue weighted by Gasteiger charge is -2.60. The first-order chi connectivity index (χ1) is 16.1. The normalized spacial score (nSPS) is 41.8. The van der Waals surface area contributed by atoms with Crippen molar-refractivity contribution in [3.05, 3.63) is 22.8 Å². The van der Waals surface area contributed by atoms with Crippen LogP contribution in [0.2, 0.25) is 0 Å². The quantitative estimate of drug-likeness (QED) is 0.474. The number of carboxylic acids is 1. The van der Waals surface area contributed by atoms with Gasteiger partial charge in [0.1, 0.15) is 5.78 Å². The highest BCUT2D eigenvalue weighted by Crippen LogP contribution is 2.70. The third-order valence-corrected chi connectivity index (χ3v) is 11.4. The van der Waals surface area contributed by atoms with Gasteiger partial charge in [0, 0.05) is 24.0 Å². The van der Waals surface area contributed by atoms with Gasteiger partial charge in [0.2, 0.25) is 0 Å². The van der Waals surface area contributed by atoms with E-state index in [0.717, 1.165) is 36.8 Å². The SMILES string of the molecule is CC(=CCC[C@@H](C)[C@H]1CC(=O)[C@@]2(C)C3=C(C(=O)C[C@]12C)[C@@]1(C)CC[C@H](O)C(C)(C)[C@@H]1CC3)C(=O)O. The second-order valence-electron chi connectivity index (χ2n) is 13.4. The largest absolute Gasteiger partial charge is 0.478 e. The van der Waals surface area contributed by atoms with E-state index < -0.39 is 16.8 Å². The van der Waals surface area contributed by atoms with Crippen LogP contribution in [0.25, 0.3) is 0 Å². The molecule has 0 aromatic rings. The summed E-state index contributed by atoms with van der Waals surface area (Å²) in [5.41, 5.74) is 0.781. The highest BCUT2D eigenvalue weighted by atomic mass is 16.4. The summed E-state index contributed by atoms with van der Waals surface area (Å²) in [4.78, 5) is 39.0. The molecular weight excluding hydrogens is 440 g/mol. The highest BCUT2D eigenvalue weighted by Gasteiger charge is 2.68. The van der Waals surface area contributed by atoms with Crippen LogP contribution in [0.1, 0.15) is 99.8 Å². The molecule has 0 unspecified atom stereocenters. The number of aliphatic hydroxyl groups excluding tert-OH is 1. The Morgan fingerprint density at radius 1 is 1.14 bits per heavy atom. The Labute approximate surface area is 210 Å². The molecule has 0 aromatic heterocycles. The van der Waals surface area contributed by atoms with Crippen LogP contribution >= 0.6 is 0 Å². The van der Waals surface area contributed by atoms with Crippen LogP contribution in [0, 0.1) is 39.4 Å². The van der Waals surface area contributed by atoms with Gasteiger partial charge in [0.05, 0.1) is 11.5 Å². The topological polar surface area (TPSA) is 91.7 Å². The van der Waals surface area contributed by atoms with E-state index in [1.807, 2.05) is 0 Å². The van der Waals surface area contributed by atoms with Gasteiger partial charge >= 0.3 is 5.97 Å². The number of hydrogen-bond donors (Lipinski definition) is 2. The molecule has 0 amide bonds. The van der Waals surface area contributed by atoms with Crippen LogP contribution in [0.5, 0.6) is 0 Å². The summed E-state index contributed by atoms with van der Waals surface area (Å²) in [5.74, 6) is 0.137. The molecule has 0 radical (unpaired) electrons. The number of rotatable bonds is 5. The number of hydrogen-bond acceptors (Lipinski definition) is 4. The summed E-state index contributed by atoms with van der Waals surface area (Å²) in [6.45, 7) is 14.6. The molecule has 0 saturated heterocycles. The molecule has 0 aromatic carbocycles. The van der Waals surface area contributed by atoms with Crippen molar-refractivity contribution in [2.24, 2.45) is 39.4 Å². The van der Waals surface area contributed by atoms with Crippen LogP contribution in [0.4, 0.5) is 0 Å². The van der Waals surface area contributed by atoms with E-state index >= 15 is 0 Å². The van der Waals surface area contributed by atoms with E-state index in [1.54, 1.807) is 13.0 Å². The lowest BCUT2D eigenvalue weighted by Crippen LogP contribution is -2.57. The van der Waals surface area contributed by atoms with Crippen molar-refractivity contribution in [3.8, 4) is 0 Å². The Kier molecular flexibility index (Phi) is 6.31. The fraction of sp³-hybridized carbons (Fsp3) is 0.767. The Hall–Kier alpha value is -1.75. The highest BCUT2D eigenvalue weighted by molar-refractivity contribution is 6.05. The minimum Gasteiger partial charge on any atom is -0.478 e. The summed E-state index contributed by atoms with van der Waals surface area (Å²) < 4.78 is 0. The molecule has 4 rings (SSSR count). The molecule has 2 fully saturated rings. The first kappa shape index (κ1) is 26.3. The fourth-order valence-corrected chi connectivity index (χ4v) is 9.01. The van der Waals surface area contributed by atoms with Gasteiger partial charge in [-0.25, -0.2) is 4.79 Å². The minimum atomic E-state index is -0.895. The average Bonchev–Trinajstić information content (AvgIpc) is 2.97. The van der Waals surface area contributed by atoms with Crippen molar-refractivity contribution >= 4 is 17.5 Å². The molecule has 0 bridgehead atoms. The van der Waals surface area contributed by atoms with E-state index in [4.69, 9.17) is 5.11 Å². The van der Waals surface area contributed by atoms with Crippen molar-refractivity contribution in [2.45, 2.75) is 106 Å². The molecule has 194 valence electrons. The maximum absolute atomic E-state index is 14.0. The van der Waals surface area contributed by atoms with Gasteiger partial charge in [-0.1, -0.05) is 40.7 Å². The third kappa shape index (κ3) is 3.54. The Morgan fingerprint density at radius 2 is 1.80 bits per heavy atom. The molecule has 5 heteroatoms. The smallest absolute Gasteiger partial charge is 0.330 e. The van der Waals surface area contributed by atoms with E-state index in [0.29, 0.717) is 31.3 Å².